The summed E-state index contributed by atoms with van der Waals surface area (Å²) in [6.07, 6.45) is -1.36. The minimum Gasteiger partial charge on any atom is -0.391 e. The van der Waals surface area contributed by atoms with Crippen LogP contribution in [0.2, 0.25) is 0 Å². The Morgan fingerprint density at radius 1 is 1.47 bits per heavy atom. The molecule has 1 heterocycles. The van der Waals surface area contributed by atoms with Gasteiger partial charge in [-0.15, -0.1) is 0 Å². The second-order valence-corrected chi connectivity index (χ2v) is 3.51. The third-order valence-corrected chi connectivity index (χ3v) is 1.86. The first-order valence-electron chi connectivity index (χ1n) is 5.07. The summed E-state index contributed by atoms with van der Waals surface area (Å²) in [4.78, 5) is 3.33. The van der Waals surface area contributed by atoms with E-state index in [0.29, 0.717) is 0 Å². The minimum atomic E-state index is -1.26. The van der Waals surface area contributed by atoms with Gasteiger partial charge in [-0.2, -0.15) is 4.94 Å². The Morgan fingerprint density at radius 2 is 2.00 bits per heavy atom. The van der Waals surface area contributed by atoms with Crippen molar-refractivity contribution in [2.24, 2.45) is 5.73 Å². The van der Waals surface area contributed by atoms with E-state index in [1.165, 1.54) is 6.42 Å². The average Bonchev–Trinajstić information content (AvgIpc) is 2.16. The highest BCUT2D eigenvalue weighted by atomic mass is 19.3. The average molecular weight is 225 g/mol. The Morgan fingerprint density at radius 3 is 2.40 bits per heavy atom. The first kappa shape index (κ1) is 14.7. The molecule has 0 aromatic heterocycles. The number of aliphatic hydroxyl groups is 2. The van der Waals surface area contributed by atoms with Crippen molar-refractivity contribution in [2.45, 2.75) is 51.2 Å². The molecule has 1 fully saturated rings. The molecule has 0 bridgehead atoms. The predicted molar refractivity (Wildman–Crippen MR) is 52.5 cm³/mol. The predicted octanol–water partition coefficient (Wildman–Crippen LogP) is 0.0993. The van der Waals surface area contributed by atoms with E-state index in [-0.39, 0.29) is 13.0 Å². The summed E-state index contributed by atoms with van der Waals surface area (Å²) in [5.41, 5.74) is 5.32. The SMILES string of the molecule is CCC.NC1C(O)CC(COF)OC1O. The molecule has 15 heavy (non-hydrogen) atoms. The highest BCUT2D eigenvalue weighted by Gasteiger charge is 2.34. The van der Waals surface area contributed by atoms with E-state index in [2.05, 4.69) is 18.8 Å². The van der Waals surface area contributed by atoms with Crippen molar-refractivity contribution >= 4 is 0 Å². The molecule has 0 amide bonds. The third-order valence-electron chi connectivity index (χ3n) is 1.86. The summed E-state index contributed by atoms with van der Waals surface area (Å²) >= 11 is 0. The molecular weight excluding hydrogens is 205 g/mol. The van der Waals surface area contributed by atoms with Crippen LogP contribution in [0.15, 0.2) is 0 Å². The van der Waals surface area contributed by atoms with Crippen molar-refractivity contribution < 1.29 is 24.4 Å². The largest absolute Gasteiger partial charge is 0.391 e. The van der Waals surface area contributed by atoms with Crippen molar-refractivity contribution in [3.63, 3.8) is 0 Å². The van der Waals surface area contributed by atoms with Crippen LogP contribution in [-0.4, -0.2) is 41.4 Å². The van der Waals surface area contributed by atoms with Crippen LogP contribution in [0.25, 0.3) is 0 Å². The van der Waals surface area contributed by atoms with Gasteiger partial charge in [0.15, 0.2) is 6.29 Å². The Labute approximate surface area is 88.9 Å². The molecule has 0 aromatic carbocycles. The second kappa shape index (κ2) is 7.95. The zero-order valence-corrected chi connectivity index (χ0v) is 9.10. The lowest BCUT2D eigenvalue weighted by Gasteiger charge is -2.34. The van der Waals surface area contributed by atoms with Gasteiger partial charge in [0.2, 0.25) is 0 Å². The maximum atomic E-state index is 11.4. The first-order chi connectivity index (χ1) is 7.06. The Balaban J connectivity index is 0.000000583. The van der Waals surface area contributed by atoms with Gasteiger partial charge in [0.1, 0.15) is 6.61 Å². The van der Waals surface area contributed by atoms with Gasteiger partial charge in [0.05, 0.1) is 18.2 Å². The second-order valence-electron chi connectivity index (χ2n) is 3.51. The molecule has 1 rings (SSSR count). The molecule has 4 atom stereocenters. The van der Waals surface area contributed by atoms with Crippen LogP contribution in [0.4, 0.5) is 4.53 Å². The van der Waals surface area contributed by atoms with Gasteiger partial charge in [-0.25, -0.2) is 0 Å². The molecule has 92 valence electrons. The number of rotatable bonds is 2. The fourth-order valence-corrected chi connectivity index (χ4v) is 1.14. The molecule has 1 saturated heterocycles. The smallest absolute Gasteiger partial charge is 0.172 e. The lowest BCUT2D eigenvalue weighted by molar-refractivity contribution is -0.240. The Kier molecular flexibility index (Phi) is 7.81. The van der Waals surface area contributed by atoms with Gasteiger partial charge in [-0.1, -0.05) is 20.3 Å². The minimum absolute atomic E-state index is 0.169. The number of nitrogens with two attached hydrogens (primary N) is 1. The molecular formula is C9H20FNO4. The lowest BCUT2D eigenvalue weighted by atomic mass is 10.0. The molecule has 1 aliphatic heterocycles. The van der Waals surface area contributed by atoms with Crippen LogP contribution in [0.1, 0.15) is 26.7 Å². The molecule has 0 saturated carbocycles. The van der Waals surface area contributed by atoms with Crippen molar-refractivity contribution in [1.29, 1.82) is 0 Å². The summed E-state index contributed by atoms with van der Waals surface area (Å²) in [5, 5.41) is 18.3. The maximum absolute atomic E-state index is 11.4. The summed E-state index contributed by atoms with van der Waals surface area (Å²) in [6.45, 7) is 3.95. The molecule has 0 radical (unpaired) electrons. The standard InChI is InChI=1S/C6H12FNO4.C3H8/c7-11-2-3-1-4(9)5(8)6(10)12-3;1-3-2/h3-6,9-10H,1-2,8H2;3H2,1-2H3. The van der Waals surface area contributed by atoms with E-state index in [1.807, 2.05) is 0 Å². The van der Waals surface area contributed by atoms with Crippen LogP contribution >= 0.6 is 0 Å². The number of hydrogen-bond donors (Lipinski definition) is 3. The van der Waals surface area contributed by atoms with E-state index in [1.54, 1.807) is 0 Å². The van der Waals surface area contributed by atoms with Crippen LogP contribution in [-0.2, 0) is 9.68 Å². The maximum Gasteiger partial charge on any atom is 0.172 e. The molecule has 6 heteroatoms. The molecule has 4 unspecified atom stereocenters. The van der Waals surface area contributed by atoms with Crippen molar-refractivity contribution in [3.05, 3.63) is 0 Å². The van der Waals surface area contributed by atoms with E-state index in [4.69, 9.17) is 15.6 Å². The van der Waals surface area contributed by atoms with E-state index in [0.717, 1.165) is 0 Å². The lowest BCUT2D eigenvalue weighted by Crippen LogP contribution is -2.53. The molecule has 0 aromatic rings. The van der Waals surface area contributed by atoms with Crippen LogP contribution in [0, 0.1) is 0 Å². The number of halogens is 1. The zero-order valence-electron chi connectivity index (χ0n) is 9.10. The van der Waals surface area contributed by atoms with Crippen LogP contribution in [0.3, 0.4) is 0 Å². The summed E-state index contributed by atoms with van der Waals surface area (Å²) in [7, 11) is 0. The molecule has 0 spiro atoms. The van der Waals surface area contributed by atoms with Gasteiger partial charge >= 0.3 is 0 Å². The van der Waals surface area contributed by atoms with Gasteiger partial charge in [-0.05, 0) is 4.53 Å². The molecule has 1 aliphatic rings. The topological polar surface area (TPSA) is 84.9 Å². The number of ether oxygens (including phenoxy) is 1. The fourth-order valence-electron chi connectivity index (χ4n) is 1.14. The summed E-state index contributed by atoms with van der Waals surface area (Å²) in [6, 6.07) is -0.833. The summed E-state index contributed by atoms with van der Waals surface area (Å²) < 4.78 is 16.2. The molecule has 4 N–H and O–H groups in total. The normalized spacial score (nSPS) is 35.6. The zero-order chi connectivity index (χ0) is 11.8. The monoisotopic (exact) mass is 225 g/mol. The third kappa shape index (κ3) is 5.39. The van der Waals surface area contributed by atoms with Gasteiger partial charge in [-0.3, -0.25) is 0 Å². The molecule has 0 aliphatic carbocycles. The van der Waals surface area contributed by atoms with Crippen molar-refractivity contribution in [3.8, 4) is 0 Å². The van der Waals surface area contributed by atoms with Crippen molar-refractivity contribution in [2.75, 3.05) is 6.61 Å². The van der Waals surface area contributed by atoms with Crippen LogP contribution in [0.5, 0.6) is 0 Å². The van der Waals surface area contributed by atoms with E-state index >= 15 is 0 Å². The molecule has 5 nitrogen and oxygen atoms in total. The Bertz CT molecular complexity index is 149. The number of hydrogen-bond acceptors (Lipinski definition) is 5. The number of aliphatic hydroxyl groups excluding tert-OH is 2. The van der Waals surface area contributed by atoms with Crippen LogP contribution < -0.4 is 5.73 Å². The Hall–Kier alpha value is -0.270. The quantitative estimate of drug-likeness (QED) is 0.620. The van der Waals surface area contributed by atoms with E-state index < -0.39 is 24.5 Å². The highest BCUT2D eigenvalue weighted by molar-refractivity contribution is 4.83. The fraction of sp³-hybridized carbons (Fsp3) is 1.00. The summed E-state index contributed by atoms with van der Waals surface area (Å²) in [5.74, 6) is 0. The van der Waals surface area contributed by atoms with E-state index in [9.17, 15) is 9.63 Å². The van der Waals surface area contributed by atoms with Crippen molar-refractivity contribution in [1.82, 2.24) is 0 Å². The van der Waals surface area contributed by atoms with Gasteiger partial charge < -0.3 is 20.7 Å². The van der Waals surface area contributed by atoms with Gasteiger partial charge in [0.25, 0.3) is 0 Å². The van der Waals surface area contributed by atoms with Gasteiger partial charge in [0, 0.05) is 6.42 Å². The highest BCUT2D eigenvalue weighted by Crippen LogP contribution is 2.17. The first-order valence-corrected chi connectivity index (χ1v) is 5.07.